The number of halogens is 2. The first-order valence-electron chi connectivity index (χ1n) is 17.4. The van der Waals surface area contributed by atoms with Crippen LogP contribution in [0.4, 0.5) is 0 Å². The van der Waals surface area contributed by atoms with Crippen LogP contribution in [-0.4, -0.2) is 5.43 Å². The molecule has 0 nitrogen and oxygen atoms in total. The van der Waals surface area contributed by atoms with E-state index < -0.39 is 0 Å². The molecule has 0 atom stereocenters. The number of aryl methyl sites for hydroxylation is 4. The van der Waals surface area contributed by atoms with Crippen LogP contribution in [0.2, 0.25) is 13.1 Å². The molecule has 0 aliphatic heterocycles. The summed E-state index contributed by atoms with van der Waals surface area (Å²) in [6.45, 7) is 13.7. The fourth-order valence-corrected chi connectivity index (χ4v) is 6.35. The summed E-state index contributed by atoms with van der Waals surface area (Å²) in [7, 11) is 0. The molecule has 0 saturated carbocycles. The van der Waals surface area contributed by atoms with E-state index in [2.05, 4.69) is 150 Å². The Morgan fingerprint density at radius 1 is 0.500 bits per heavy atom. The monoisotopic (exact) mass is 768 g/mol. The van der Waals surface area contributed by atoms with Gasteiger partial charge in [0.25, 0.3) is 0 Å². The summed E-state index contributed by atoms with van der Waals surface area (Å²) in [6.07, 6.45) is 9.54. The fraction of sp³-hybridized carbons (Fsp3) is 0.318. The fourth-order valence-electron chi connectivity index (χ4n) is 6.35. The Balaban J connectivity index is 0.000000289. The molecule has 0 fully saturated rings. The van der Waals surface area contributed by atoms with Crippen LogP contribution in [0.25, 0.3) is 43.8 Å². The average Bonchev–Trinajstić information content (AvgIpc) is 3.68. The van der Waals surface area contributed by atoms with Crippen molar-refractivity contribution < 1.29 is 48.1 Å². The van der Waals surface area contributed by atoms with Crippen molar-refractivity contribution in [3.05, 3.63) is 131 Å². The first-order chi connectivity index (χ1) is 22.4. The molecule has 252 valence electrons. The molecule has 0 radical (unpaired) electrons. The van der Waals surface area contributed by atoms with E-state index in [0.717, 1.165) is 0 Å². The summed E-state index contributed by atoms with van der Waals surface area (Å²) < 4.78 is 0. The molecular formula is C44H52Cl2SiZr-2. The van der Waals surface area contributed by atoms with Crippen molar-refractivity contribution in [3.63, 3.8) is 0 Å². The van der Waals surface area contributed by atoms with Crippen molar-refractivity contribution in [2.75, 3.05) is 0 Å². The van der Waals surface area contributed by atoms with Crippen LogP contribution in [0.15, 0.2) is 109 Å². The zero-order valence-electron chi connectivity index (χ0n) is 29.8. The van der Waals surface area contributed by atoms with Gasteiger partial charge in [0.2, 0.25) is 0 Å². The Labute approximate surface area is 318 Å². The maximum atomic E-state index is 2.42. The third-order valence-corrected chi connectivity index (χ3v) is 8.27. The molecule has 48 heavy (non-hydrogen) atoms. The molecule has 6 rings (SSSR count). The molecule has 0 spiro atoms. The van der Waals surface area contributed by atoms with Gasteiger partial charge in [-0.05, 0) is 25.7 Å². The summed E-state index contributed by atoms with van der Waals surface area (Å²) in [5, 5.41) is 5.69. The molecule has 0 heterocycles. The van der Waals surface area contributed by atoms with Crippen LogP contribution < -0.4 is 24.8 Å². The second-order valence-corrected chi connectivity index (χ2v) is 22.1. The largest absolute Gasteiger partial charge is 1.00 e. The summed E-state index contributed by atoms with van der Waals surface area (Å²) in [5.74, 6) is 0. The van der Waals surface area contributed by atoms with E-state index in [1.807, 2.05) is 0 Å². The second kappa shape index (κ2) is 21.8. The summed E-state index contributed by atoms with van der Waals surface area (Å²) in [6, 6.07) is 40.4. The van der Waals surface area contributed by atoms with Crippen LogP contribution in [0, 0.1) is 0 Å². The third-order valence-electron chi connectivity index (χ3n) is 8.27. The third kappa shape index (κ3) is 12.0. The van der Waals surface area contributed by atoms with Gasteiger partial charge in [0.05, 0.1) is 0 Å². The van der Waals surface area contributed by atoms with Gasteiger partial charge in [-0.15, -0.1) is 69.1 Å². The van der Waals surface area contributed by atoms with Gasteiger partial charge < -0.3 is 24.8 Å². The molecule has 0 bridgehead atoms. The Kier molecular flexibility index (Phi) is 19.0. The van der Waals surface area contributed by atoms with Gasteiger partial charge in [0, 0.05) is 0 Å². The molecule has 6 aromatic rings. The van der Waals surface area contributed by atoms with Crippen LogP contribution in [-0.2, 0) is 49.0 Å². The van der Waals surface area contributed by atoms with Gasteiger partial charge in [-0.2, -0.15) is 0 Å². The number of hydrogen-bond acceptors (Lipinski definition) is 0. The molecular weight excluding hydrogens is 719 g/mol. The van der Waals surface area contributed by atoms with Crippen molar-refractivity contribution in [2.24, 2.45) is 0 Å². The van der Waals surface area contributed by atoms with Crippen molar-refractivity contribution >= 4 is 27.0 Å². The first-order valence-corrected chi connectivity index (χ1v) is 23.6. The van der Waals surface area contributed by atoms with Crippen LogP contribution in [0.1, 0.15) is 75.6 Å². The van der Waals surface area contributed by atoms with Gasteiger partial charge >= 0.3 is 41.9 Å². The van der Waals surface area contributed by atoms with E-state index in [9.17, 15) is 0 Å². The van der Waals surface area contributed by atoms with Crippen LogP contribution in [0.5, 0.6) is 0 Å². The number of rotatable bonds is 10. The zero-order valence-corrected chi connectivity index (χ0v) is 34.8. The van der Waals surface area contributed by atoms with Crippen LogP contribution >= 0.6 is 0 Å². The van der Waals surface area contributed by atoms with E-state index in [-0.39, 0.29) is 30.2 Å². The molecule has 0 aromatic heterocycles. The minimum absolute atomic E-state index is 0. The molecule has 6 aromatic carbocycles. The zero-order chi connectivity index (χ0) is 32.9. The van der Waals surface area contributed by atoms with Gasteiger partial charge in [0.15, 0.2) is 0 Å². The Bertz CT molecular complexity index is 1680. The van der Waals surface area contributed by atoms with Gasteiger partial charge in [0.1, 0.15) is 0 Å². The van der Waals surface area contributed by atoms with E-state index in [1.165, 1.54) is 117 Å². The minimum atomic E-state index is 0. The minimum Gasteiger partial charge on any atom is -1.00 e. The van der Waals surface area contributed by atoms with E-state index in [0.29, 0.717) is 0 Å². The normalized spacial score (nSPS) is 10.3. The molecule has 0 aliphatic carbocycles. The van der Waals surface area contributed by atoms with Crippen molar-refractivity contribution in [1.82, 2.24) is 0 Å². The number of hydrogen-bond donors (Lipinski definition) is 0. The summed E-state index contributed by atoms with van der Waals surface area (Å²) in [5.41, 5.74) is 11.5. The number of fused-ring (bicyclic) bond motifs is 2. The Hall–Kier alpha value is -2.22. The second-order valence-electron chi connectivity index (χ2n) is 12.7. The summed E-state index contributed by atoms with van der Waals surface area (Å²) >= 11 is 1.74. The van der Waals surface area contributed by atoms with Gasteiger partial charge in [-0.25, -0.2) is 0 Å². The average molecular weight is 771 g/mol. The molecule has 0 unspecified atom stereocenters. The molecule has 0 N–H and O–H groups in total. The predicted octanol–water partition coefficient (Wildman–Crippen LogP) is 7.05. The van der Waals surface area contributed by atoms with Gasteiger partial charge in [-0.1, -0.05) is 160 Å². The molecule has 0 amide bonds. The maximum Gasteiger partial charge on any atom is -1.00 e. The Morgan fingerprint density at radius 3 is 1.15 bits per heavy atom. The quantitative estimate of drug-likeness (QED) is 0.104. The molecule has 4 heteroatoms. The Morgan fingerprint density at radius 2 is 0.833 bits per heavy atom. The topological polar surface area (TPSA) is 0 Å². The summed E-state index contributed by atoms with van der Waals surface area (Å²) in [4.78, 5) is 0. The first kappa shape index (κ1) is 41.9. The molecule has 0 saturated heterocycles. The van der Waals surface area contributed by atoms with Gasteiger partial charge in [-0.3, -0.25) is 0 Å². The number of benzene rings is 4. The maximum absolute atomic E-state index is 2.42. The standard InChI is InChI=1S/2C21H23.C2H6Si.2ClH.Zr/c2*1-3-8-16-12-18(9-4-2)21-15-19(14-20(21)13-16)17-10-6-5-7-11-17;1-3-2;;;/h2*5-7,10-15H,3-4,8-9H2,1-2H3;1-2H3;2*1H;/q2*-1;;;;+2/p-2. The predicted molar refractivity (Wildman–Crippen MR) is 203 cm³/mol. The SMILES string of the molecule is CCCc1cc(CCC)c2cc(-c3ccccc3)[cH-]c2c1.CCCc1cc(CCC)c2cc(-c3ccccc3)[cH-]c2c1.C[Si](C)=[Zr+2].[Cl-].[Cl-]. The van der Waals surface area contributed by atoms with E-state index in [4.69, 9.17) is 0 Å². The van der Waals surface area contributed by atoms with E-state index >= 15 is 0 Å². The smallest absolute Gasteiger partial charge is 1.00 e. The van der Waals surface area contributed by atoms with Crippen molar-refractivity contribution in [1.29, 1.82) is 0 Å². The van der Waals surface area contributed by atoms with E-state index in [1.54, 1.807) is 23.3 Å². The van der Waals surface area contributed by atoms with Crippen LogP contribution in [0.3, 0.4) is 0 Å². The molecule has 0 aliphatic rings. The van der Waals surface area contributed by atoms with Crippen molar-refractivity contribution in [3.8, 4) is 22.3 Å². The van der Waals surface area contributed by atoms with Crippen molar-refractivity contribution in [2.45, 2.75) is 92.2 Å².